The minimum Gasteiger partial charge on any atom is -0.497 e. The maximum atomic E-state index is 13.0. The van der Waals surface area contributed by atoms with E-state index >= 15 is 0 Å². The van der Waals surface area contributed by atoms with Crippen molar-refractivity contribution in [3.63, 3.8) is 0 Å². The first-order chi connectivity index (χ1) is 16.3. The number of hydrogen-bond acceptors (Lipinski definition) is 7. The molecule has 1 N–H and O–H groups in total. The third-order valence-electron chi connectivity index (χ3n) is 4.57. The van der Waals surface area contributed by atoms with Crippen molar-refractivity contribution >= 4 is 39.8 Å². The fourth-order valence-corrected chi connectivity index (χ4v) is 3.75. The lowest BCUT2D eigenvalue weighted by molar-refractivity contribution is -0.114. The van der Waals surface area contributed by atoms with Gasteiger partial charge in [-0.3, -0.25) is 10.2 Å². The van der Waals surface area contributed by atoms with Crippen LogP contribution >= 0.6 is 11.8 Å². The fourth-order valence-electron chi connectivity index (χ4n) is 3.00. The number of amides is 1. The van der Waals surface area contributed by atoms with Crippen LogP contribution in [0.15, 0.2) is 64.2 Å². The standard InChI is InChI=1S/C22H17F3N4O4S/c1-31-14-6-4-7-15(12-14)32-9-10-33-17-8-3-2-5-13(17)11-16-18(26)29-21(27-19(16)30)34-20(28-29)22(23,24)25/h2-8,11-12,26H,9-10H2,1H3/b16-11-,26-18?. The van der Waals surface area contributed by atoms with E-state index < -0.39 is 23.0 Å². The van der Waals surface area contributed by atoms with Crippen LogP contribution in [0.25, 0.3) is 6.08 Å². The van der Waals surface area contributed by atoms with E-state index in [1.165, 1.54) is 6.08 Å². The molecule has 0 aromatic heterocycles. The van der Waals surface area contributed by atoms with Gasteiger partial charge in [-0.15, -0.1) is 0 Å². The van der Waals surface area contributed by atoms with E-state index in [0.29, 0.717) is 27.8 Å². The summed E-state index contributed by atoms with van der Waals surface area (Å²) in [7, 11) is 1.56. The van der Waals surface area contributed by atoms with Gasteiger partial charge in [-0.25, -0.2) is 0 Å². The summed E-state index contributed by atoms with van der Waals surface area (Å²) < 4.78 is 55.5. The van der Waals surface area contributed by atoms with Gasteiger partial charge in [0.25, 0.3) is 5.91 Å². The molecule has 2 aliphatic heterocycles. The Kier molecular flexibility index (Phi) is 6.59. The van der Waals surface area contributed by atoms with Gasteiger partial charge in [0.05, 0.1) is 12.7 Å². The monoisotopic (exact) mass is 490 g/mol. The molecule has 12 heteroatoms. The number of para-hydroxylation sites is 1. The SMILES string of the molecule is COc1cccc(OCCOc2ccccc2/C=C2/C(=N)N3N=C(C(F)(F)F)SC3=NC2=O)c1. The number of fused-ring (bicyclic) bond motifs is 1. The van der Waals surface area contributed by atoms with Crippen LogP contribution < -0.4 is 14.2 Å². The molecule has 0 saturated carbocycles. The van der Waals surface area contributed by atoms with Crippen molar-refractivity contribution in [3.8, 4) is 17.2 Å². The first-order valence-electron chi connectivity index (χ1n) is 9.82. The van der Waals surface area contributed by atoms with E-state index in [0.717, 1.165) is 0 Å². The van der Waals surface area contributed by atoms with Gasteiger partial charge in [-0.2, -0.15) is 28.3 Å². The number of hydrazone groups is 1. The largest absolute Gasteiger partial charge is 0.497 e. The lowest BCUT2D eigenvalue weighted by Gasteiger charge is -2.20. The minimum absolute atomic E-state index is 0.174. The number of hydrogen-bond donors (Lipinski definition) is 1. The quantitative estimate of drug-likeness (QED) is 0.458. The Hall–Kier alpha value is -3.80. The zero-order chi connectivity index (χ0) is 24.3. The summed E-state index contributed by atoms with van der Waals surface area (Å²) in [4.78, 5) is 16.1. The predicted molar refractivity (Wildman–Crippen MR) is 121 cm³/mol. The second kappa shape index (κ2) is 9.59. The molecule has 2 aliphatic rings. The molecular formula is C22H17F3N4O4S. The summed E-state index contributed by atoms with van der Waals surface area (Å²) in [6, 6.07) is 13.8. The van der Waals surface area contributed by atoms with Crippen molar-refractivity contribution in [2.75, 3.05) is 20.3 Å². The number of carbonyl (C=O) groups excluding carboxylic acids is 1. The Morgan fingerprint density at radius 1 is 1.09 bits per heavy atom. The molecule has 34 heavy (non-hydrogen) atoms. The molecule has 0 unspecified atom stereocenters. The molecule has 4 rings (SSSR count). The molecule has 0 fully saturated rings. The van der Waals surface area contributed by atoms with Crippen LogP contribution in [-0.4, -0.2) is 53.5 Å². The molecular weight excluding hydrogens is 473 g/mol. The Morgan fingerprint density at radius 3 is 2.59 bits per heavy atom. The molecule has 0 atom stereocenters. The number of nitrogens with one attached hydrogen (secondary N) is 1. The lowest BCUT2D eigenvalue weighted by atomic mass is 10.1. The number of thioether (sulfide) groups is 1. The number of benzene rings is 2. The highest BCUT2D eigenvalue weighted by Crippen LogP contribution is 2.35. The Labute approximate surface area is 196 Å². The molecule has 2 aromatic carbocycles. The van der Waals surface area contributed by atoms with Gasteiger partial charge in [0.1, 0.15) is 30.5 Å². The van der Waals surface area contributed by atoms with Crippen LogP contribution in [0, 0.1) is 5.41 Å². The average molecular weight is 490 g/mol. The maximum absolute atomic E-state index is 13.0. The zero-order valence-electron chi connectivity index (χ0n) is 17.6. The Morgan fingerprint density at radius 2 is 1.82 bits per heavy atom. The van der Waals surface area contributed by atoms with Crippen LogP contribution in [-0.2, 0) is 4.79 Å². The van der Waals surface area contributed by atoms with Gasteiger partial charge >= 0.3 is 6.18 Å². The number of amidine groups is 2. The van der Waals surface area contributed by atoms with Crippen LogP contribution in [0.1, 0.15) is 5.56 Å². The van der Waals surface area contributed by atoms with Gasteiger partial charge in [-0.05, 0) is 36.0 Å². The fraction of sp³-hybridized carbons (Fsp3) is 0.182. The van der Waals surface area contributed by atoms with E-state index in [9.17, 15) is 18.0 Å². The second-order valence-corrected chi connectivity index (χ2v) is 7.79. The number of halogens is 3. The van der Waals surface area contributed by atoms with Crippen LogP contribution in [0.4, 0.5) is 13.2 Å². The second-order valence-electron chi connectivity index (χ2n) is 6.84. The van der Waals surface area contributed by atoms with Gasteiger partial charge in [0.15, 0.2) is 5.84 Å². The summed E-state index contributed by atoms with van der Waals surface area (Å²) in [6.45, 7) is 0.396. The van der Waals surface area contributed by atoms with Crippen molar-refractivity contribution in [2.45, 2.75) is 6.18 Å². The zero-order valence-corrected chi connectivity index (χ0v) is 18.4. The van der Waals surface area contributed by atoms with Crippen molar-refractivity contribution in [2.24, 2.45) is 10.1 Å². The average Bonchev–Trinajstić information content (AvgIpc) is 3.25. The predicted octanol–water partition coefficient (Wildman–Crippen LogP) is 4.33. The van der Waals surface area contributed by atoms with Crippen LogP contribution in [0.3, 0.4) is 0 Å². The first-order valence-corrected chi connectivity index (χ1v) is 10.6. The third-order valence-corrected chi connectivity index (χ3v) is 5.52. The summed E-state index contributed by atoms with van der Waals surface area (Å²) in [5, 5.41) is 10.8. The molecule has 2 aromatic rings. The van der Waals surface area contributed by atoms with Gasteiger partial charge < -0.3 is 14.2 Å². The normalized spacial score (nSPS) is 16.8. The van der Waals surface area contributed by atoms with Gasteiger partial charge in [-0.1, -0.05) is 24.3 Å². The van der Waals surface area contributed by atoms with Crippen LogP contribution in [0.2, 0.25) is 0 Å². The molecule has 2 heterocycles. The summed E-state index contributed by atoms with van der Waals surface area (Å²) in [5.41, 5.74) is 0.239. The van der Waals surface area contributed by atoms with E-state index in [4.69, 9.17) is 19.6 Å². The Bertz CT molecular complexity index is 1230. The molecule has 8 nitrogen and oxygen atoms in total. The third kappa shape index (κ3) is 5.06. The number of ether oxygens (including phenoxy) is 3. The van der Waals surface area contributed by atoms with Crippen molar-refractivity contribution in [1.29, 1.82) is 5.41 Å². The number of methoxy groups -OCH3 is 1. The number of aliphatic imine (C=N–C) groups is 1. The molecule has 0 bridgehead atoms. The van der Waals surface area contributed by atoms with Crippen LogP contribution in [0.5, 0.6) is 17.2 Å². The number of alkyl halides is 3. The van der Waals surface area contributed by atoms with Crippen molar-refractivity contribution in [3.05, 3.63) is 59.7 Å². The van der Waals surface area contributed by atoms with E-state index in [1.54, 1.807) is 55.6 Å². The Balaban J connectivity index is 1.47. The lowest BCUT2D eigenvalue weighted by Crippen LogP contribution is -2.35. The van der Waals surface area contributed by atoms with Gasteiger partial charge in [0, 0.05) is 11.6 Å². The number of carbonyl (C=O) groups is 1. The molecule has 0 spiro atoms. The molecule has 0 radical (unpaired) electrons. The van der Waals surface area contributed by atoms with Gasteiger partial charge in [0.2, 0.25) is 10.2 Å². The minimum atomic E-state index is -4.70. The summed E-state index contributed by atoms with van der Waals surface area (Å²) in [6.07, 6.45) is -3.36. The highest BCUT2D eigenvalue weighted by Gasteiger charge is 2.46. The molecule has 176 valence electrons. The first kappa shape index (κ1) is 23.4. The highest BCUT2D eigenvalue weighted by molar-refractivity contribution is 8.27. The maximum Gasteiger partial charge on any atom is 0.441 e. The topological polar surface area (TPSA) is 96.6 Å². The van der Waals surface area contributed by atoms with E-state index in [-0.39, 0.29) is 35.7 Å². The molecule has 0 saturated heterocycles. The van der Waals surface area contributed by atoms with Crippen molar-refractivity contribution < 1.29 is 32.2 Å². The smallest absolute Gasteiger partial charge is 0.441 e. The van der Waals surface area contributed by atoms with E-state index in [1.807, 2.05) is 0 Å². The molecule has 0 aliphatic carbocycles. The van der Waals surface area contributed by atoms with Crippen molar-refractivity contribution in [1.82, 2.24) is 5.01 Å². The van der Waals surface area contributed by atoms with E-state index in [2.05, 4.69) is 10.1 Å². The summed E-state index contributed by atoms with van der Waals surface area (Å²) in [5.74, 6) is 0.325. The number of rotatable bonds is 7. The molecule has 1 amide bonds. The highest BCUT2D eigenvalue weighted by atomic mass is 32.2. The number of nitrogens with zero attached hydrogens (tertiary/aromatic N) is 3. The summed E-state index contributed by atoms with van der Waals surface area (Å²) >= 11 is 0.200.